The standard InChI is InChI=1S/C21H18FN3O2S/c22-15-10-8-14(9-11-15)20(26)25-12-4-3-7-18(21(25)27)28-19-16-5-1-2-6-17(16)23-13-24-19/h1-2,5-6,8-11,13,18H,3-4,7,12H2. The maximum absolute atomic E-state index is 13.2. The summed E-state index contributed by atoms with van der Waals surface area (Å²) in [4.78, 5) is 35.9. The number of rotatable bonds is 3. The van der Waals surface area contributed by atoms with Crippen LogP contribution in [0.1, 0.15) is 29.6 Å². The third kappa shape index (κ3) is 3.75. The van der Waals surface area contributed by atoms with Gasteiger partial charge < -0.3 is 0 Å². The average Bonchev–Trinajstić information content (AvgIpc) is 2.90. The maximum Gasteiger partial charge on any atom is 0.260 e. The van der Waals surface area contributed by atoms with E-state index in [1.807, 2.05) is 24.3 Å². The van der Waals surface area contributed by atoms with Crippen molar-refractivity contribution in [1.82, 2.24) is 14.9 Å². The summed E-state index contributed by atoms with van der Waals surface area (Å²) in [7, 11) is 0. The van der Waals surface area contributed by atoms with E-state index in [0.717, 1.165) is 28.8 Å². The molecule has 2 heterocycles. The molecule has 0 aliphatic carbocycles. The number of para-hydroxylation sites is 1. The third-order valence-electron chi connectivity index (χ3n) is 4.74. The van der Waals surface area contributed by atoms with Crippen molar-refractivity contribution >= 4 is 34.5 Å². The van der Waals surface area contributed by atoms with Crippen LogP contribution >= 0.6 is 11.8 Å². The van der Waals surface area contributed by atoms with Gasteiger partial charge in [0.2, 0.25) is 5.91 Å². The van der Waals surface area contributed by atoms with Gasteiger partial charge in [-0.05, 0) is 43.2 Å². The molecule has 5 nitrogen and oxygen atoms in total. The number of imide groups is 1. The number of amides is 2. The molecule has 3 aromatic rings. The summed E-state index contributed by atoms with van der Waals surface area (Å²) in [5, 5.41) is 1.23. The molecular formula is C21H18FN3O2S. The van der Waals surface area contributed by atoms with Gasteiger partial charge in [-0.1, -0.05) is 36.4 Å². The molecule has 0 N–H and O–H groups in total. The minimum atomic E-state index is -0.414. The summed E-state index contributed by atoms with van der Waals surface area (Å²) in [6.07, 6.45) is 3.77. The molecule has 1 aliphatic heterocycles. The minimum Gasteiger partial charge on any atom is -0.278 e. The van der Waals surface area contributed by atoms with Gasteiger partial charge in [0.05, 0.1) is 10.8 Å². The molecule has 1 saturated heterocycles. The quantitative estimate of drug-likeness (QED) is 0.494. The molecule has 2 aromatic carbocycles. The molecule has 1 unspecified atom stereocenters. The van der Waals surface area contributed by atoms with Gasteiger partial charge in [0.1, 0.15) is 17.2 Å². The van der Waals surface area contributed by atoms with Crippen molar-refractivity contribution in [3.05, 3.63) is 66.2 Å². The highest BCUT2D eigenvalue weighted by Crippen LogP contribution is 2.33. The Labute approximate surface area is 166 Å². The van der Waals surface area contributed by atoms with Crippen LogP contribution < -0.4 is 0 Å². The lowest BCUT2D eigenvalue weighted by Crippen LogP contribution is -2.41. The van der Waals surface area contributed by atoms with Gasteiger partial charge in [-0.25, -0.2) is 14.4 Å². The topological polar surface area (TPSA) is 63.2 Å². The summed E-state index contributed by atoms with van der Waals surface area (Å²) in [5.74, 6) is -1.02. The van der Waals surface area contributed by atoms with E-state index in [9.17, 15) is 14.0 Å². The highest BCUT2D eigenvalue weighted by Gasteiger charge is 2.32. The lowest BCUT2D eigenvalue weighted by molar-refractivity contribution is -0.127. The molecule has 1 fully saturated rings. The molecule has 0 spiro atoms. The van der Waals surface area contributed by atoms with Gasteiger partial charge >= 0.3 is 0 Å². The van der Waals surface area contributed by atoms with Crippen LogP contribution in [-0.2, 0) is 4.79 Å². The van der Waals surface area contributed by atoms with Crippen LogP contribution in [0.5, 0.6) is 0 Å². The fourth-order valence-electron chi connectivity index (χ4n) is 3.28. The number of halogens is 1. The Morgan fingerprint density at radius 3 is 2.68 bits per heavy atom. The molecule has 7 heteroatoms. The van der Waals surface area contributed by atoms with Gasteiger partial charge in [-0.2, -0.15) is 0 Å². The van der Waals surface area contributed by atoms with E-state index < -0.39 is 11.1 Å². The van der Waals surface area contributed by atoms with Crippen LogP contribution in [-0.4, -0.2) is 38.5 Å². The van der Waals surface area contributed by atoms with Crippen LogP contribution in [0.25, 0.3) is 10.9 Å². The first-order chi connectivity index (χ1) is 13.6. The van der Waals surface area contributed by atoms with Gasteiger partial charge in [-0.15, -0.1) is 0 Å². The molecular weight excluding hydrogens is 377 g/mol. The van der Waals surface area contributed by atoms with Crippen molar-refractivity contribution in [2.75, 3.05) is 6.54 Å². The SMILES string of the molecule is O=C(c1ccc(F)cc1)N1CCCCC(Sc2ncnc3ccccc23)C1=O. The molecule has 28 heavy (non-hydrogen) atoms. The van der Waals surface area contributed by atoms with Crippen LogP contribution in [0.15, 0.2) is 59.9 Å². The lowest BCUT2D eigenvalue weighted by Gasteiger charge is -2.22. The van der Waals surface area contributed by atoms with E-state index in [2.05, 4.69) is 9.97 Å². The van der Waals surface area contributed by atoms with Crippen LogP contribution in [0, 0.1) is 5.82 Å². The van der Waals surface area contributed by atoms with Gasteiger partial charge in [-0.3, -0.25) is 14.5 Å². The zero-order valence-corrected chi connectivity index (χ0v) is 15.9. The number of hydrogen-bond donors (Lipinski definition) is 0. The van der Waals surface area contributed by atoms with Crippen LogP contribution in [0.4, 0.5) is 4.39 Å². The van der Waals surface area contributed by atoms with Crippen molar-refractivity contribution in [3.8, 4) is 0 Å². The largest absolute Gasteiger partial charge is 0.278 e. The Hall–Kier alpha value is -2.80. The number of nitrogens with zero attached hydrogens (tertiary/aromatic N) is 3. The van der Waals surface area contributed by atoms with Crippen molar-refractivity contribution in [1.29, 1.82) is 0 Å². The summed E-state index contributed by atoms with van der Waals surface area (Å²) in [5.41, 5.74) is 1.13. The predicted molar refractivity (Wildman–Crippen MR) is 105 cm³/mol. The number of aromatic nitrogens is 2. The molecule has 1 aliphatic rings. The van der Waals surface area contributed by atoms with Crippen molar-refractivity contribution in [2.24, 2.45) is 0 Å². The zero-order chi connectivity index (χ0) is 19.5. The van der Waals surface area contributed by atoms with Gasteiger partial charge in [0.25, 0.3) is 5.91 Å². The van der Waals surface area contributed by atoms with E-state index in [4.69, 9.17) is 0 Å². The molecule has 0 saturated carbocycles. The van der Waals surface area contributed by atoms with Crippen molar-refractivity contribution in [2.45, 2.75) is 29.5 Å². The number of carbonyl (C=O) groups excluding carboxylic acids is 2. The van der Waals surface area contributed by atoms with Crippen molar-refractivity contribution in [3.63, 3.8) is 0 Å². The first-order valence-electron chi connectivity index (χ1n) is 9.11. The second-order valence-corrected chi connectivity index (χ2v) is 7.79. The average molecular weight is 395 g/mol. The molecule has 2 amide bonds. The Morgan fingerprint density at radius 2 is 1.86 bits per heavy atom. The summed E-state index contributed by atoms with van der Waals surface area (Å²) in [6.45, 7) is 0.372. The predicted octanol–water partition coefficient (Wildman–Crippen LogP) is 4.08. The molecule has 4 rings (SSSR count). The molecule has 142 valence electrons. The third-order valence-corrected chi connectivity index (χ3v) is 6.01. The minimum absolute atomic E-state index is 0.223. The molecule has 0 bridgehead atoms. The molecule has 1 atom stereocenters. The zero-order valence-electron chi connectivity index (χ0n) is 15.0. The van der Waals surface area contributed by atoms with Crippen molar-refractivity contribution < 1.29 is 14.0 Å². The number of carbonyl (C=O) groups is 2. The fourth-order valence-corrected chi connectivity index (χ4v) is 4.46. The smallest absolute Gasteiger partial charge is 0.260 e. The Balaban J connectivity index is 1.60. The summed E-state index contributed by atoms with van der Waals surface area (Å²) >= 11 is 1.38. The van der Waals surface area contributed by atoms with Gasteiger partial charge in [0.15, 0.2) is 0 Å². The Kier molecular flexibility index (Phi) is 5.34. The number of likely N-dealkylation sites (tertiary alicyclic amines) is 1. The van der Waals surface area contributed by atoms with Gasteiger partial charge in [0, 0.05) is 17.5 Å². The van der Waals surface area contributed by atoms with E-state index in [1.165, 1.54) is 47.3 Å². The van der Waals surface area contributed by atoms with E-state index >= 15 is 0 Å². The fraction of sp³-hybridized carbons (Fsp3) is 0.238. The second kappa shape index (κ2) is 8.06. The monoisotopic (exact) mass is 395 g/mol. The Bertz CT molecular complexity index is 1020. The number of fused-ring (bicyclic) bond motifs is 1. The number of benzene rings is 2. The first-order valence-corrected chi connectivity index (χ1v) is 9.99. The lowest BCUT2D eigenvalue weighted by atomic mass is 10.2. The summed E-state index contributed by atoms with van der Waals surface area (Å²) < 4.78 is 13.2. The first kappa shape index (κ1) is 18.6. The van der Waals surface area contributed by atoms with E-state index in [0.29, 0.717) is 18.5 Å². The maximum atomic E-state index is 13.2. The Morgan fingerprint density at radius 1 is 1.07 bits per heavy atom. The molecule has 0 radical (unpaired) electrons. The van der Waals surface area contributed by atoms with E-state index in [-0.39, 0.29) is 11.8 Å². The highest BCUT2D eigenvalue weighted by atomic mass is 32.2. The highest BCUT2D eigenvalue weighted by molar-refractivity contribution is 8.00. The number of thioether (sulfide) groups is 1. The molecule has 1 aromatic heterocycles. The van der Waals surface area contributed by atoms with Crippen LogP contribution in [0.3, 0.4) is 0 Å². The van der Waals surface area contributed by atoms with Crippen LogP contribution in [0.2, 0.25) is 0 Å². The summed E-state index contributed by atoms with van der Waals surface area (Å²) in [6, 6.07) is 12.9. The van der Waals surface area contributed by atoms with E-state index in [1.54, 1.807) is 0 Å². The second-order valence-electron chi connectivity index (χ2n) is 6.60. The number of hydrogen-bond acceptors (Lipinski definition) is 5. The normalized spacial score (nSPS) is 17.5.